The van der Waals surface area contributed by atoms with Gasteiger partial charge in [0.15, 0.2) is 5.65 Å². The van der Waals surface area contributed by atoms with E-state index in [1.165, 1.54) is 0 Å². The Morgan fingerprint density at radius 1 is 1.16 bits per heavy atom. The van der Waals surface area contributed by atoms with Gasteiger partial charge < -0.3 is 5.73 Å². The molecule has 0 spiro atoms. The Labute approximate surface area is 115 Å². The second kappa shape index (κ2) is 4.99. The number of pyridine rings is 1. The Hall–Kier alpha value is -1.91. The largest absolute Gasteiger partial charge is 0.330 e. The van der Waals surface area contributed by atoms with Crippen LogP contribution in [0.2, 0.25) is 5.02 Å². The molecule has 0 amide bonds. The van der Waals surface area contributed by atoms with Gasteiger partial charge in [-0.2, -0.15) is 0 Å². The van der Waals surface area contributed by atoms with E-state index in [1.807, 2.05) is 41.0 Å². The van der Waals surface area contributed by atoms with E-state index in [4.69, 9.17) is 17.3 Å². The number of nitrogens with two attached hydrogens (primary N) is 1. The van der Waals surface area contributed by atoms with Gasteiger partial charge in [0, 0.05) is 12.6 Å². The molecule has 0 unspecified atom stereocenters. The molecule has 3 rings (SSSR count). The second-order valence-corrected chi connectivity index (χ2v) is 4.61. The van der Waals surface area contributed by atoms with Gasteiger partial charge >= 0.3 is 0 Å². The number of aromatic nitrogens is 3. The van der Waals surface area contributed by atoms with E-state index >= 15 is 0 Å². The highest BCUT2D eigenvalue weighted by molar-refractivity contribution is 6.32. The summed E-state index contributed by atoms with van der Waals surface area (Å²) in [4.78, 5) is 8.98. The van der Waals surface area contributed by atoms with Crippen molar-refractivity contribution in [3.63, 3.8) is 0 Å². The molecule has 0 atom stereocenters. The van der Waals surface area contributed by atoms with Crippen LogP contribution in [0.5, 0.6) is 0 Å². The number of halogens is 1. The fourth-order valence-corrected chi connectivity index (χ4v) is 2.36. The van der Waals surface area contributed by atoms with Gasteiger partial charge in [0.05, 0.1) is 10.7 Å². The third kappa shape index (κ3) is 2.09. The lowest BCUT2D eigenvalue weighted by Crippen LogP contribution is -2.09. The quantitative estimate of drug-likeness (QED) is 0.797. The van der Waals surface area contributed by atoms with Gasteiger partial charge in [-0.15, -0.1) is 0 Å². The van der Waals surface area contributed by atoms with E-state index in [0.29, 0.717) is 18.0 Å². The Bertz CT molecular complexity index is 720. The lowest BCUT2D eigenvalue weighted by Gasteiger charge is -2.09. The number of hydrogen-bond acceptors (Lipinski definition) is 3. The van der Waals surface area contributed by atoms with Gasteiger partial charge in [0.1, 0.15) is 11.3 Å². The highest BCUT2D eigenvalue weighted by atomic mass is 35.5. The summed E-state index contributed by atoms with van der Waals surface area (Å²) >= 11 is 6.28. The Balaban J connectivity index is 2.31. The van der Waals surface area contributed by atoms with Crippen molar-refractivity contribution in [2.75, 3.05) is 6.54 Å². The number of rotatable bonds is 3. The summed E-state index contributed by atoms with van der Waals surface area (Å²) in [5, 5.41) is 0.672. The third-order valence-corrected chi connectivity index (χ3v) is 3.27. The lowest BCUT2D eigenvalue weighted by atomic mass is 10.3. The molecular weight excluding hydrogens is 260 g/mol. The third-order valence-electron chi connectivity index (χ3n) is 2.95. The molecule has 2 aromatic heterocycles. The normalized spacial score (nSPS) is 11.1. The average Bonchev–Trinajstić information content (AvgIpc) is 2.78. The van der Waals surface area contributed by atoms with Gasteiger partial charge in [-0.3, -0.25) is 4.57 Å². The standard InChI is InChI=1S/C14H13ClN4/c15-10-4-1-2-6-12(10)19-13(7-8-16)18-11-5-3-9-17-14(11)19/h1-6,9H,7-8,16H2. The molecule has 3 aromatic rings. The summed E-state index contributed by atoms with van der Waals surface area (Å²) < 4.78 is 1.98. The van der Waals surface area contributed by atoms with Crippen LogP contribution in [0.1, 0.15) is 5.82 Å². The molecule has 0 bridgehead atoms. The first kappa shape index (κ1) is 12.1. The molecule has 4 nitrogen and oxygen atoms in total. The van der Waals surface area contributed by atoms with Crippen molar-refractivity contribution in [2.24, 2.45) is 5.73 Å². The maximum absolute atomic E-state index is 6.28. The van der Waals surface area contributed by atoms with Crippen molar-refractivity contribution in [1.82, 2.24) is 14.5 Å². The van der Waals surface area contributed by atoms with Crippen LogP contribution in [0.3, 0.4) is 0 Å². The topological polar surface area (TPSA) is 56.7 Å². The first-order chi connectivity index (χ1) is 9.31. The van der Waals surface area contributed by atoms with Crippen molar-refractivity contribution in [2.45, 2.75) is 6.42 Å². The minimum absolute atomic E-state index is 0.535. The van der Waals surface area contributed by atoms with Crippen LogP contribution in [0.25, 0.3) is 16.9 Å². The van der Waals surface area contributed by atoms with E-state index in [9.17, 15) is 0 Å². The minimum Gasteiger partial charge on any atom is -0.330 e. The van der Waals surface area contributed by atoms with Gasteiger partial charge in [-0.05, 0) is 30.8 Å². The van der Waals surface area contributed by atoms with E-state index in [0.717, 1.165) is 22.7 Å². The molecule has 1 aromatic carbocycles. The van der Waals surface area contributed by atoms with Gasteiger partial charge in [-0.25, -0.2) is 9.97 Å². The lowest BCUT2D eigenvalue weighted by molar-refractivity contribution is 0.844. The second-order valence-electron chi connectivity index (χ2n) is 4.20. The smallest absolute Gasteiger partial charge is 0.164 e. The highest BCUT2D eigenvalue weighted by Crippen LogP contribution is 2.25. The average molecular weight is 273 g/mol. The zero-order chi connectivity index (χ0) is 13.2. The molecule has 0 saturated heterocycles. The zero-order valence-electron chi connectivity index (χ0n) is 10.3. The molecule has 0 saturated carbocycles. The monoisotopic (exact) mass is 272 g/mol. The summed E-state index contributed by atoms with van der Waals surface area (Å²) in [5.41, 5.74) is 8.20. The fraction of sp³-hybridized carbons (Fsp3) is 0.143. The summed E-state index contributed by atoms with van der Waals surface area (Å²) in [7, 11) is 0. The fourth-order valence-electron chi connectivity index (χ4n) is 2.14. The SMILES string of the molecule is NCCc1nc2cccnc2n1-c1ccccc1Cl. The molecule has 2 heterocycles. The van der Waals surface area contributed by atoms with Crippen molar-refractivity contribution >= 4 is 22.8 Å². The number of nitrogens with zero attached hydrogens (tertiary/aromatic N) is 3. The molecular formula is C14H13ClN4. The summed E-state index contributed by atoms with van der Waals surface area (Å²) in [5.74, 6) is 0.879. The molecule has 0 aliphatic carbocycles. The Morgan fingerprint density at radius 2 is 2.00 bits per heavy atom. The summed E-state index contributed by atoms with van der Waals surface area (Å²) in [6.45, 7) is 0.535. The maximum atomic E-state index is 6.28. The number of benzene rings is 1. The summed E-state index contributed by atoms with van der Waals surface area (Å²) in [6.07, 6.45) is 2.44. The molecule has 0 fully saturated rings. The number of fused-ring (bicyclic) bond motifs is 1. The molecule has 0 radical (unpaired) electrons. The first-order valence-electron chi connectivity index (χ1n) is 6.08. The number of para-hydroxylation sites is 1. The van der Waals surface area contributed by atoms with E-state index < -0.39 is 0 Å². The van der Waals surface area contributed by atoms with Gasteiger partial charge in [0.2, 0.25) is 0 Å². The van der Waals surface area contributed by atoms with Crippen molar-refractivity contribution < 1.29 is 0 Å². The first-order valence-corrected chi connectivity index (χ1v) is 6.46. The number of hydrogen-bond donors (Lipinski definition) is 1. The van der Waals surface area contributed by atoms with Crippen LogP contribution in [0, 0.1) is 0 Å². The van der Waals surface area contributed by atoms with E-state index in [-0.39, 0.29) is 0 Å². The zero-order valence-corrected chi connectivity index (χ0v) is 11.0. The van der Waals surface area contributed by atoms with Crippen LogP contribution in [-0.2, 0) is 6.42 Å². The van der Waals surface area contributed by atoms with Crippen LogP contribution >= 0.6 is 11.6 Å². The highest BCUT2D eigenvalue weighted by Gasteiger charge is 2.14. The van der Waals surface area contributed by atoms with Crippen LogP contribution in [0.15, 0.2) is 42.6 Å². The van der Waals surface area contributed by atoms with Crippen molar-refractivity contribution in [3.05, 3.63) is 53.4 Å². The maximum Gasteiger partial charge on any atom is 0.164 e. The Morgan fingerprint density at radius 3 is 2.79 bits per heavy atom. The van der Waals surface area contributed by atoms with Crippen LogP contribution in [-0.4, -0.2) is 21.1 Å². The van der Waals surface area contributed by atoms with E-state index in [2.05, 4.69) is 9.97 Å². The molecule has 0 aliphatic heterocycles. The summed E-state index contributed by atoms with van der Waals surface area (Å²) in [6, 6.07) is 11.5. The minimum atomic E-state index is 0.535. The van der Waals surface area contributed by atoms with E-state index in [1.54, 1.807) is 6.20 Å². The van der Waals surface area contributed by atoms with Crippen LogP contribution < -0.4 is 5.73 Å². The molecule has 5 heteroatoms. The van der Waals surface area contributed by atoms with Crippen LogP contribution in [0.4, 0.5) is 0 Å². The van der Waals surface area contributed by atoms with Gasteiger partial charge in [0.25, 0.3) is 0 Å². The predicted octanol–water partition coefficient (Wildman–Crippen LogP) is 2.58. The van der Waals surface area contributed by atoms with Gasteiger partial charge in [-0.1, -0.05) is 23.7 Å². The van der Waals surface area contributed by atoms with Crippen molar-refractivity contribution in [3.8, 4) is 5.69 Å². The molecule has 19 heavy (non-hydrogen) atoms. The molecule has 2 N–H and O–H groups in total. The Kier molecular flexibility index (Phi) is 3.19. The number of imidazole rings is 1. The molecule has 96 valence electrons. The van der Waals surface area contributed by atoms with Crippen molar-refractivity contribution in [1.29, 1.82) is 0 Å². The predicted molar refractivity (Wildman–Crippen MR) is 76.6 cm³/mol. The molecule has 0 aliphatic rings.